The first-order chi connectivity index (χ1) is 13.0. The van der Waals surface area contributed by atoms with Gasteiger partial charge in [-0.3, -0.25) is 9.59 Å². The summed E-state index contributed by atoms with van der Waals surface area (Å²) in [5.74, 6) is 0.773. The van der Waals surface area contributed by atoms with Crippen LogP contribution in [0.15, 0.2) is 12.1 Å². The highest BCUT2D eigenvalue weighted by Crippen LogP contribution is 2.27. The fourth-order valence-corrected chi connectivity index (χ4v) is 4.18. The molecule has 7 heteroatoms. The molecule has 2 amide bonds. The highest BCUT2D eigenvalue weighted by molar-refractivity contribution is 5.95. The van der Waals surface area contributed by atoms with Gasteiger partial charge >= 0.3 is 0 Å². The topological polar surface area (TPSA) is 75.9 Å². The van der Waals surface area contributed by atoms with Crippen LogP contribution < -0.4 is 10.5 Å². The Morgan fingerprint density at radius 3 is 2.32 bits per heavy atom. The van der Waals surface area contributed by atoms with Crippen LogP contribution in [0.2, 0.25) is 0 Å². The molecule has 28 heavy (non-hydrogen) atoms. The largest absolute Gasteiger partial charge is 0.483 e. The Morgan fingerprint density at radius 1 is 1.07 bits per heavy atom. The van der Waals surface area contributed by atoms with Crippen molar-refractivity contribution < 1.29 is 14.3 Å². The highest BCUT2D eigenvalue weighted by atomic mass is 35.5. The van der Waals surface area contributed by atoms with Crippen LogP contribution in [-0.4, -0.2) is 60.4 Å². The fourth-order valence-electron chi connectivity index (χ4n) is 4.18. The average molecular weight is 410 g/mol. The second-order valence-electron chi connectivity index (χ2n) is 7.70. The third kappa shape index (κ3) is 4.97. The van der Waals surface area contributed by atoms with Gasteiger partial charge in [0, 0.05) is 37.8 Å². The molecule has 0 aliphatic carbocycles. The average Bonchev–Trinajstić information content (AvgIpc) is 3.15. The Balaban J connectivity index is 0.00000280. The molecule has 2 aliphatic heterocycles. The minimum absolute atomic E-state index is 0. The van der Waals surface area contributed by atoms with Gasteiger partial charge in [-0.25, -0.2) is 0 Å². The van der Waals surface area contributed by atoms with E-state index in [0.29, 0.717) is 17.9 Å². The van der Waals surface area contributed by atoms with E-state index in [4.69, 9.17) is 10.5 Å². The van der Waals surface area contributed by atoms with Gasteiger partial charge in [0.15, 0.2) is 6.61 Å². The molecule has 0 saturated carbocycles. The first-order valence-corrected chi connectivity index (χ1v) is 10.0. The van der Waals surface area contributed by atoms with Gasteiger partial charge in [-0.2, -0.15) is 0 Å². The van der Waals surface area contributed by atoms with Crippen molar-refractivity contribution >= 4 is 24.2 Å². The predicted molar refractivity (Wildman–Crippen MR) is 112 cm³/mol. The van der Waals surface area contributed by atoms with Crippen LogP contribution >= 0.6 is 12.4 Å². The molecule has 156 valence electrons. The van der Waals surface area contributed by atoms with Gasteiger partial charge in [-0.15, -0.1) is 12.4 Å². The van der Waals surface area contributed by atoms with Crippen molar-refractivity contribution in [3.63, 3.8) is 0 Å². The van der Waals surface area contributed by atoms with Gasteiger partial charge in [0.05, 0.1) is 0 Å². The number of hydrogen-bond acceptors (Lipinski definition) is 4. The molecule has 0 aromatic heterocycles. The second kappa shape index (κ2) is 10.1. The standard InChI is InChI=1S/C21H31N3O3.ClH/c1-15-11-17(21(26)24-10-6-7-18(24)13-22)12-16(2)20(15)27-14-19(25)23-8-4-3-5-9-23;/h11-12,18H,3-10,13-14,22H2,1-2H3;1H. The monoisotopic (exact) mass is 409 g/mol. The molecular formula is C21H32ClN3O3. The molecule has 2 aliphatic rings. The fraction of sp³-hybridized carbons (Fsp3) is 0.619. The maximum absolute atomic E-state index is 12.9. The summed E-state index contributed by atoms with van der Waals surface area (Å²) in [6.07, 6.45) is 5.31. The number of carbonyl (C=O) groups is 2. The van der Waals surface area contributed by atoms with Crippen LogP contribution in [-0.2, 0) is 4.79 Å². The van der Waals surface area contributed by atoms with Crippen molar-refractivity contribution in [2.75, 3.05) is 32.8 Å². The van der Waals surface area contributed by atoms with E-state index in [1.165, 1.54) is 6.42 Å². The van der Waals surface area contributed by atoms with Crippen molar-refractivity contribution in [2.45, 2.75) is 52.0 Å². The van der Waals surface area contributed by atoms with Gasteiger partial charge in [0.25, 0.3) is 11.8 Å². The molecule has 1 atom stereocenters. The van der Waals surface area contributed by atoms with Crippen LogP contribution in [0.1, 0.15) is 53.6 Å². The van der Waals surface area contributed by atoms with Crippen LogP contribution in [0, 0.1) is 13.8 Å². The van der Waals surface area contributed by atoms with Gasteiger partial charge in [0.2, 0.25) is 0 Å². The van der Waals surface area contributed by atoms with Gasteiger partial charge in [0.1, 0.15) is 5.75 Å². The summed E-state index contributed by atoms with van der Waals surface area (Å²) >= 11 is 0. The zero-order valence-corrected chi connectivity index (χ0v) is 17.7. The molecule has 0 spiro atoms. The third-order valence-corrected chi connectivity index (χ3v) is 5.67. The quantitative estimate of drug-likeness (QED) is 0.811. The number of nitrogens with two attached hydrogens (primary N) is 1. The van der Waals surface area contributed by atoms with Gasteiger partial charge < -0.3 is 20.3 Å². The lowest BCUT2D eigenvalue weighted by Crippen LogP contribution is -2.40. The van der Waals surface area contributed by atoms with Gasteiger partial charge in [-0.1, -0.05) is 0 Å². The Hall–Kier alpha value is -1.79. The zero-order chi connectivity index (χ0) is 19.4. The number of nitrogens with zero attached hydrogens (tertiary/aromatic N) is 2. The van der Waals surface area contributed by atoms with E-state index >= 15 is 0 Å². The SMILES string of the molecule is Cc1cc(C(=O)N2CCCC2CN)cc(C)c1OCC(=O)N1CCCCC1.Cl. The number of hydrogen-bond donors (Lipinski definition) is 1. The van der Waals surface area contributed by atoms with Crippen LogP contribution in [0.25, 0.3) is 0 Å². The van der Waals surface area contributed by atoms with Crippen LogP contribution in [0.5, 0.6) is 5.75 Å². The normalized spacial score (nSPS) is 19.3. The van der Waals surface area contributed by atoms with Crippen molar-refractivity contribution in [1.82, 2.24) is 9.80 Å². The predicted octanol–water partition coefficient (Wildman–Crippen LogP) is 2.68. The van der Waals surface area contributed by atoms with E-state index in [0.717, 1.165) is 56.4 Å². The summed E-state index contributed by atoms with van der Waals surface area (Å²) in [6, 6.07) is 3.86. The van der Waals surface area contributed by atoms with E-state index < -0.39 is 0 Å². The Labute approximate surface area is 173 Å². The van der Waals surface area contributed by atoms with Crippen LogP contribution in [0.4, 0.5) is 0 Å². The number of piperidine rings is 1. The first-order valence-electron chi connectivity index (χ1n) is 10.0. The maximum Gasteiger partial charge on any atom is 0.260 e. The van der Waals surface area contributed by atoms with Crippen molar-refractivity contribution in [3.05, 3.63) is 28.8 Å². The number of amides is 2. The lowest BCUT2D eigenvalue weighted by atomic mass is 10.0. The number of ether oxygens (including phenoxy) is 1. The van der Waals surface area contributed by atoms with E-state index in [2.05, 4.69) is 0 Å². The minimum Gasteiger partial charge on any atom is -0.483 e. The Kier molecular flexibility index (Phi) is 8.13. The summed E-state index contributed by atoms with van der Waals surface area (Å²) in [7, 11) is 0. The summed E-state index contributed by atoms with van der Waals surface area (Å²) in [6.45, 7) is 6.82. The number of benzene rings is 1. The van der Waals surface area contributed by atoms with Gasteiger partial charge in [-0.05, 0) is 69.2 Å². The van der Waals surface area contributed by atoms with Crippen molar-refractivity contribution in [3.8, 4) is 5.75 Å². The number of aryl methyl sites for hydroxylation is 2. The number of rotatable bonds is 5. The molecule has 1 aromatic carbocycles. The highest BCUT2D eigenvalue weighted by Gasteiger charge is 2.29. The molecule has 6 nitrogen and oxygen atoms in total. The molecule has 2 fully saturated rings. The number of carbonyl (C=O) groups excluding carboxylic acids is 2. The van der Waals surface area contributed by atoms with E-state index in [-0.39, 0.29) is 36.9 Å². The van der Waals surface area contributed by atoms with Crippen LogP contribution in [0.3, 0.4) is 0 Å². The zero-order valence-electron chi connectivity index (χ0n) is 16.9. The summed E-state index contributed by atoms with van der Waals surface area (Å²) in [5, 5.41) is 0. The van der Waals surface area contributed by atoms with E-state index in [9.17, 15) is 9.59 Å². The molecule has 1 aromatic rings. The van der Waals surface area contributed by atoms with Crippen molar-refractivity contribution in [2.24, 2.45) is 5.73 Å². The minimum atomic E-state index is 0. The van der Waals surface area contributed by atoms with Crippen molar-refractivity contribution in [1.29, 1.82) is 0 Å². The third-order valence-electron chi connectivity index (χ3n) is 5.67. The molecule has 2 saturated heterocycles. The number of likely N-dealkylation sites (tertiary alicyclic amines) is 2. The lowest BCUT2D eigenvalue weighted by Gasteiger charge is -2.27. The summed E-state index contributed by atoms with van der Waals surface area (Å²) in [5.41, 5.74) is 8.24. The van der Waals surface area contributed by atoms with E-state index in [1.54, 1.807) is 0 Å². The second-order valence-corrected chi connectivity index (χ2v) is 7.70. The summed E-state index contributed by atoms with van der Waals surface area (Å²) < 4.78 is 5.85. The lowest BCUT2D eigenvalue weighted by molar-refractivity contribution is -0.134. The maximum atomic E-state index is 12.9. The molecule has 3 rings (SSSR count). The Bertz CT molecular complexity index is 681. The first kappa shape index (κ1) is 22.5. The number of halogens is 1. The molecule has 0 radical (unpaired) electrons. The Morgan fingerprint density at radius 2 is 1.71 bits per heavy atom. The smallest absolute Gasteiger partial charge is 0.260 e. The molecule has 0 bridgehead atoms. The summed E-state index contributed by atoms with van der Waals surface area (Å²) in [4.78, 5) is 29.0. The molecule has 1 unspecified atom stereocenters. The molecular weight excluding hydrogens is 378 g/mol. The van der Waals surface area contributed by atoms with E-state index in [1.807, 2.05) is 35.8 Å². The molecule has 2 N–H and O–H groups in total. The molecule has 2 heterocycles.